The number of anilines is 1. The van der Waals surface area contributed by atoms with Crippen LogP contribution >= 0.6 is 0 Å². The minimum absolute atomic E-state index is 0.693. The number of ether oxygens (including phenoxy) is 1. The molecule has 0 amide bonds. The van der Waals surface area contributed by atoms with Gasteiger partial charge < -0.3 is 10.5 Å². The van der Waals surface area contributed by atoms with E-state index in [0.29, 0.717) is 5.92 Å². The zero-order chi connectivity index (χ0) is 12.0. The lowest BCUT2D eigenvalue weighted by Crippen LogP contribution is -2.03. The van der Waals surface area contributed by atoms with Gasteiger partial charge in [-0.25, -0.2) is 0 Å². The predicted molar refractivity (Wildman–Crippen MR) is 66.3 cm³/mol. The summed E-state index contributed by atoms with van der Waals surface area (Å²) < 4.78 is 6.93. The van der Waals surface area contributed by atoms with E-state index in [9.17, 15) is 0 Å². The van der Waals surface area contributed by atoms with E-state index in [1.54, 1.807) is 7.11 Å². The molecule has 0 aliphatic carbocycles. The summed E-state index contributed by atoms with van der Waals surface area (Å²) in [7, 11) is 1.71. The molecule has 0 aromatic carbocycles. The van der Waals surface area contributed by atoms with Crippen molar-refractivity contribution < 1.29 is 4.74 Å². The Morgan fingerprint density at radius 2 is 2.25 bits per heavy atom. The van der Waals surface area contributed by atoms with Gasteiger partial charge in [0.15, 0.2) is 0 Å². The van der Waals surface area contributed by atoms with Gasteiger partial charge in [-0.15, -0.1) is 0 Å². The summed E-state index contributed by atoms with van der Waals surface area (Å²) >= 11 is 0. The third-order valence-electron chi connectivity index (χ3n) is 2.56. The van der Waals surface area contributed by atoms with E-state index < -0.39 is 0 Å². The summed E-state index contributed by atoms with van der Waals surface area (Å²) in [6.45, 7) is 6.07. The lowest BCUT2D eigenvalue weighted by Gasteiger charge is -2.02. The lowest BCUT2D eigenvalue weighted by atomic mass is 10.1. The molecule has 0 aliphatic rings. The Labute approximate surface area is 97.8 Å². The minimum atomic E-state index is 0.693. The molecule has 2 N–H and O–H groups in total. The zero-order valence-electron chi connectivity index (χ0n) is 10.6. The Morgan fingerprint density at radius 1 is 1.50 bits per heavy atom. The van der Waals surface area contributed by atoms with Crippen LogP contribution in [-0.4, -0.2) is 23.5 Å². The van der Waals surface area contributed by atoms with Crippen molar-refractivity contribution in [3.63, 3.8) is 0 Å². The van der Waals surface area contributed by atoms with Gasteiger partial charge in [-0.3, -0.25) is 4.68 Å². The summed E-state index contributed by atoms with van der Waals surface area (Å²) in [5.41, 5.74) is 7.77. The maximum absolute atomic E-state index is 5.92. The van der Waals surface area contributed by atoms with Crippen LogP contribution < -0.4 is 5.73 Å². The van der Waals surface area contributed by atoms with Gasteiger partial charge in [0.25, 0.3) is 0 Å². The monoisotopic (exact) mass is 225 g/mol. The molecule has 1 aromatic heterocycles. The number of nitrogens with zero attached hydrogens (tertiary/aromatic N) is 2. The number of nitrogen functional groups attached to an aromatic ring is 1. The first-order valence-electron chi connectivity index (χ1n) is 5.94. The summed E-state index contributed by atoms with van der Waals surface area (Å²) in [6.07, 6.45) is 5.01. The maximum atomic E-state index is 5.92. The molecule has 0 unspecified atom stereocenters. The Balaban J connectivity index is 2.46. The zero-order valence-corrected chi connectivity index (χ0v) is 10.6. The lowest BCUT2D eigenvalue weighted by molar-refractivity contribution is 0.189. The van der Waals surface area contributed by atoms with Crippen molar-refractivity contribution in [2.24, 2.45) is 5.92 Å². The fourth-order valence-corrected chi connectivity index (χ4v) is 1.58. The topological polar surface area (TPSA) is 53.1 Å². The van der Waals surface area contributed by atoms with Crippen LogP contribution in [0.4, 0.5) is 5.69 Å². The minimum Gasteiger partial charge on any atom is -0.396 e. The standard InChI is InChI=1S/C12H23N3O/c1-10(2)5-6-12-11(13)9-15(14-12)7-4-8-16-3/h9-10H,4-8,13H2,1-3H3. The first-order chi connectivity index (χ1) is 7.63. The second-order valence-corrected chi connectivity index (χ2v) is 4.57. The number of methoxy groups -OCH3 is 1. The fraction of sp³-hybridized carbons (Fsp3) is 0.750. The van der Waals surface area contributed by atoms with E-state index in [2.05, 4.69) is 18.9 Å². The largest absolute Gasteiger partial charge is 0.396 e. The molecule has 1 heterocycles. The average molecular weight is 225 g/mol. The quantitative estimate of drug-likeness (QED) is 0.723. The van der Waals surface area contributed by atoms with Gasteiger partial charge in [0.2, 0.25) is 0 Å². The first kappa shape index (κ1) is 13.0. The van der Waals surface area contributed by atoms with Crippen LogP contribution in [0.3, 0.4) is 0 Å². The molecule has 1 aromatic rings. The number of rotatable bonds is 7. The van der Waals surface area contributed by atoms with Gasteiger partial charge in [0.1, 0.15) is 0 Å². The summed E-state index contributed by atoms with van der Waals surface area (Å²) in [5, 5.41) is 4.49. The van der Waals surface area contributed by atoms with Crippen LogP contribution in [-0.2, 0) is 17.7 Å². The normalized spacial score (nSPS) is 11.2. The fourth-order valence-electron chi connectivity index (χ4n) is 1.58. The Bertz CT molecular complexity index is 307. The van der Waals surface area contributed by atoms with Gasteiger partial charge >= 0.3 is 0 Å². The van der Waals surface area contributed by atoms with Crippen molar-refractivity contribution in [2.45, 2.75) is 39.7 Å². The van der Waals surface area contributed by atoms with Crippen molar-refractivity contribution in [3.05, 3.63) is 11.9 Å². The molecule has 0 spiro atoms. The molecule has 16 heavy (non-hydrogen) atoms. The van der Waals surface area contributed by atoms with Crippen LogP contribution in [0, 0.1) is 5.92 Å². The Morgan fingerprint density at radius 3 is 2.88 bits per heavy atom. The summed E-state index contributed by atoms with van der Waals surface area (Å²) in [6, 6.07) is 0. The van der Waals surface area contributed by atoms with Gasteiger partial charge in [0.05, 0.1) is 11.4 Å². The van der Waals surface area contributed by atoms with Gasteiger partial charge in [-0.1, -0.05) is 13.8 Å². The predicted octanol–water partition coefficient (Wildman–Crippen LogP) is 2.09. The van der Waals surface area contributed by atoms with E-state index >= 15 is 0 Å². The van der Waals surface area contributed by atoms with Gasteiger partial charge in [-0.2, -0.15) is 5.10 Å². The highest BCUT2D eigenvalue weighted by atomic mass is 16.5. The van der Waals surface area contributed by atoms with Crippen molar-refractivity contribution in [3.8, 4) is 0 Å². The van der Waals surface area contributed by atoms with Crippen molar-refractivity contribution >= 4 is 5.69 Å². The molecule has 0 fully saturated rings. The molecular weight excluding hydrogens is 202 g/mol. The van der Waals surface area contributed by atoms with E-state index in [4.69, 9.17) is 10.5 Å². The third kappa shape index (κ3) is 4.23. The highest BCUT2D eigenvalue weighted by molar-refractivity contribution is 5.40. The van der Waals surface area contributed by atoms with Crippen molar-refractivity contribution in [2.75, 3.05) is 19.5 Å². The maximum Gasteiger partial charge on any atom is 0.0853 e. The number of hydrogen-bond acceptors (Lipinski definition) is 3. The SMILES string of the molecule is COCCCn1cc(N)c(CCC(C)C)n1. The second-order valence-electron chi connectivity index (χ2n) is 4.57. The molecule has 4 nitrogen and oxygen atoms in total. The molecule has 4 heteroatoms. The molecular formula is C12H23N3O. The number of hydrogen-bond donors (Lipinski definition) is 1. The van der Waals surface area contributed by atoms with Gasteiger partial charge in [-0.05, 0) is 25.2 Å². The molecule has 0 saturated carbocycles. The third-order valence-corrected chi connectivity index (χ3v) is 2.56. The Hall–Kier alpha value is -1.03. The average Bonchev–Trinajstić information content (AvgIpc) is 2.57. The van der Waals surface area contributed by atoms with Crippen molar-refractivity contribution in [1.29, 1.82) is 0 Å². The van der Waals surface area contributed by atoms with Crippen LogP contribution in [0.15, 0.2) is 6.20 Å². The van der Waals surface area contributed by atoms with Crippen LogP contribution in [0.2, 0.25) is 0 Å². The van der Waals surface area contributed by atoms with Crippen LogP contribution in [0.25, 0.3) is 0 Å². The molecule has 1 rings (SSSR count). The van der Waals surface area contributed by atoms with Crippen molar-refractivity contribution in [1.82, 2.24) is 9.78 Å². The van der Waals surface area contributed by atoms with E-state index in [1.807, 2.05) is 10.9 Å². The number of aryl methyl sites for hydroxylation is 2. The van der Waals surface area contributed by atoms with Crippen LogP contribution in [0.1, 0.15) is 32.4 Å². The summed E-state index contributed by atoms with van der Waals surface area (Å²) in [5.74, 6) is 0.693. The second kappa shape index (κ2) is 6.53. The Kier molecular flexibility index (Phi) is 5.32. The molecule has 92 valence electrons. The molecule has 0 aliphatic heterocycles. The number of aromatic nitrogens is 2. The molecule has 0 bridgehead atoms. The molecule has 0 atom stereocenters. The molecule has 0 saturated heterocycles. The summed E-state index contributed by atoms with van der Waals surface area (Å²) in [4.78, 5) is 0. The number of nitrogens with two attached hydrogens (primary N) is 1. The highest BCUT2D eigenvalue weighted by Crippen LogP contribution is 2.14. The van der Waals surface area contributed by atoms with E-state index in [1.165, 1.54) is 0 Å². The van der Waals surface area contributed by atoms with E-state index in [-0.39, 0.29) is 0 Å². The van der Waals surface area contributed by atoms with E-state index in [0.717, 1.165) is 43.8 Å². The van der Waals surface area contributed by atoms with Gasteiger partial charge in [0, 0.05) is 26.5 Å². The highest BCUT2D eigenvalue weighted by Gasteiger charge is 2.06. The van der Waals surface area contributed by atoms with Crippen LogP contribution in [0.5, 0.6) is 0 Å². The first-order valence-corrected chi connectivity index (χ1v) is 5.94. The smallest absolute Gasteiger partial charge is 0.0853 e. The molecule has 0 radical (unpaired) electrons.